The van der Waals surface area contributed by atoms with Gasteiger partial charge in [0.2, 0.25) is 5.95 Å². The van der Waals surface area contributed by atoms with Crippen molar-refractivity contribution in [3.8, 4) is 0 Å². The first-order valence-corrected chi connectivity index (χ1v) is 8.47. The predicted octanol–water partition coefficient (Wildman–Crippen LogP) is 3.14. The van der Waals surface area contributed by atoms with E-state index in [0.29, 0.717) is 6.04 Å². The SMILES string of the molecule is CCc1nnc(N(CCBr)C2CCCC2)nc1CC. The Morgan fingerprint density at radius 1 is 1.11 bits per heavy atom. The molecule has 0 aliphatic heterocycles. The van der Waals surface area contributed by atoms with Gasteiger partial charge in [0.15, 0.2) is 0 Å². The Labute approximate surface area is 124 Å². The topological polar surface area (TPSA) is 41.9 Å². The molecule has 1 heterocycles. The monoisotopic (exact) mass is 326 g/mol. The maximum absolute atomic E-state index is 4.76. The molecule has 1 aliphatic carbocycles. The third-order valence-electron chi connectivity index (χ3n) is 3.85. The fraction of sp³-hybridized carbons (Fsp3) is 0.786. The molecule has 1 aromatic heterocycles. The zero-order valence-corrected chi connectivity index (χ0v) is 13.5. The van der Waals surface area contributed by atoms with Crippen molar-refractivity contribution in [3.05, 3.63) is 11.4 Å². The second-order valence-electron chi connectivity index (χ2n) is 5.03. The molecule has 0 amide bonds. The van der Waals surface area contributed by atoms with E-state index in [2.05, 4.69) is 44.9 Å². The van der Waals surface area contributed by atoms with Crippen molar-refractivity contribution in [3.63, 3.8) is 0 Å². The summed E-state index contributed by atoms with van der Waals surface area (Å²) >= 11 is 3.54. The van der Waals surface area contributed by atoms with Crippen molar-refractivity contribution in [1.29, 1.82) is 0 Å². The van der Waals surface area contributed by atoms with Crippen molar-refractivity contribution in [2.24, 2.45) is 0 Å². The number of nitrogens with zero attached hydrogens (tertiary/aromatic N) is 4. The summed E-state index contributed by atoms with van der Waals surface area (Å²) in [7, 11) is 0. The molecule has 1 aliphatic rings. The van der Waals surface area contributed by atoms with E-state index in [1.54, 1.807) is 0 Å². The summed E-state index contributed by atoms with van der Waals surface area (Å²) in [6, 6.07) is 0.594. The third-order valence-corrected chi connectivity index (χ3v) is 4.20. The molecule has 1 aromatic rings. The van der Waals surface area contributed by atoms with E-state index in [-0.39, 0.29) is 0 Å². The number of alkyl halides is 1. The van der Waals surface area contributed by atoms with E-state index in [1.165, 1.54) is 25.7 Å². The summed E-state index contributed by atoms with van der Waals surface area (Å²) in [4.78, 5) is 7.10. The van der Waals surface area contributed by atoms with Crippen LogP contribution < -0.4 is 4.90 Å². The van der Waals surface area contributed by atoms with Crippen molar-refractivity contribution in [1.82, 2.24) is 15.2 Å². The normalized spacial score (nSPS) is 15.9. The summed E-state index contributed by atoms with van der Waals surface area (Å²) < 4.78 is 0. The third kappa shape index (κ3) is 3.44. The van der Waals surface area contributed by atoms with Crippen LogP contribution in [0, 0.1) is 0 Å². The average molecular weight is 327 g/mol. The number of hydrogen-bond acceptors (Lipinski definition) is 4. The predicted molar refractivity (Wildman–Crippen MR) is 82.0 cm³/mol. The first kappa shape index (κ1) is 14.7. The van der Waals surface area contributed by atoms with Crippen LogP contribution >= 0.6 is 15.9 Å². The molecule has 19 heavy (non-hydrogen) atoms. The summed E-state index contributed by atoms with van der Waals surface area (Å²) in [6.45, 7) is 5.20. The highest BCUT2D eigenvalue weighted by molar-refractivity contribution is 9.09. The van der Waals surface area contributed by atoms with Crippen molar-refractivity contribution >= 4 is 21.9 Å². The van der Waals surface area contributed by atoms with Gasteiger partial charge in [-0.2, -0.15) is 5.10 Å². The van der Waals surface area contributed by atoms with Gasteiger partial charge in [-0.1, -0.05) is 42.6 Å². The van der Waals surface area contributed by atoms with Crippen LogP contribution in [0.3, 0.4) is 0 Å². The van der Waals surface area contributed by atoms with Crippen LogP contribution in [0.2, 0.25) is 0 Å². The highest BCUT2D eigenvalue weighted by Gasteiger charge is 2.25. The highest BCUT2D eigenvalue weighted by Crippen LogP contribution is 2.26. The zero-order valence-electron chi connectivity index (χ0n) is 11.9. The van der Waals surface area contributed by atoms with Crippen molar-refractivity contribution in [2.45, 2.75) is 58.4 Å². The maximum atomic E-state index is 4.76. The second-order valence-corrected chi connectivity index (χ2v) is 5.83. The van der Waals surface area contributed by atoms with Gasteiger partial charge in [0.05, 0.1) is 11.4 Å². The van der Waals surface area contributed by atoms with Crippen LogP contribution in [0.1, 0.15) is 50.9 Å². The molecule has 4 nitrogen and oxygen atoms in total. The Kier molecular flexibility index (Phi) is 5.55. The van der Waals surface area contributed by atoms with E-state index >= 15 is 0 Å². The molecule has 2 rings (SSSR count). The molecule has 0 bridgehead atoms. The number of anilines is 1. The maximum Gasteiger partial charge on any atom is 0.245 e. The molecule has 0 spiro atoms. The van der Waals surface area contributed by atoms with Gasteiger partial charge in [0, 0.05) is 17.9 Å². The lowest BCUT2D eigenvalue weighted by Gasteiger charge is -2.28. The summed E-state index contributed by atoms with van der Waals surface area (Å²) in [5.41, 5.74) is 2.14. The summed E-state index contributed by atoms with van der Waals surface area (Å²) in [6.07, 6.45) is 7.00. The molecule has 1 fully saturated rings. The molecule has 0 aromatic carbocycles. The Morgan fingerprint density at radius 3 is 2.37 bits per heavy atom. The standard InChI is InChI=1S/C14H23BrN4/c1-3-12-13(4-2)17-18-14(16-12)19(10-9-15)11-7-5-6-8-11/h11H,3-10H2,1-2H3. The zero-order chi connectivity index (χ0) is 13.7. The van der Waals surface area contributed by atoms with Crippen molar-refractivity contribution < 1.29 is 0 Å². The first-order valence-electron chi connectivity index (χ1n) is 7.35. The van der Waals surface area contributed by atoms with Gasteiger partial charge < -0.3 is 4.90 Å². The van der Waals surface area contributed by atoms with E-state index < -0.39 is 0 Å². The Balaban J connectivity index is 2.25. The highest BCUT2D eigenvalue weighted by atomic mass is 79.9. The van der Waals surface area contributed by atoms with E-state index in [1.807, 2.05) is 0 Å². The first-order chi connectivity index (χ1) is 9.30. The van der Waals surface area contributed by atoms with E-state index in [9.17, 15) is 0 Å². The van der Waals surface area contributed by atoms with Gasteiger partial charge in [-0.25, -0.2) is 4.98 Å². The lowest BCUT2D eigenvalue weighted by atomic mass is 10.2. The molecule has 0 radical (unpaired) electrons. The Bertz CT molecular complexity index is 404. The summed E-state index contributed by atoms with van der Waals surface area (Å²) in [5.74, 6) is 0.820. The quantitative estimate of drug-likeness (QED) is 0.753. The Morgan fingerprint density at radius 2 is 1.79 bits per heavy atom. The van der Waals surface area contributed by atoms with Crippen LogP contribution in [0.15, 0.2) is 0 Å². The molecular weight excluding hydrogens is 304 g/mol. The molecule has 0 atom stereocenters. The van der Waals surface area contributed by atoms with Crippen LogP contribution in [-0.4, -0.2) is 33.1 Å². The number of aryl methyl sites for hydroxylation is 2. The van der Waals surface area contributed by atoms with Gasteiger partial charge >= 0.3 is 0 Å². The number of aromatic nitrogens is 3. The molecule has 0 N–H and O–H groups in total. The largest absolute Gasteiger partial charge is 0.336 e. The summed E-state index contributed by atoms with van der Waals surface area (Å²) in [5, 5.41) is 9.69. The molecular formula is C14H23BrN4. The van der Waals surface area contributed by atoms with Crippen LogP contribution in [0.5, 0.6) is 0 Å². The van der Waals surface area contributed by atoms with E-state index in [4.69, 9.17) is 4.98 Å². The average Bonchev–Trinajstić information content (AvgIpc) is 2.98. The fourth-order valence-electron chi connectivity index (χ4n) is 2.80. The van der Waals surface area contributed by atoms with Gasteiger partial charge in [0.1, 0.15) is 0 Å². The van der Waals surface area contributed by atoms with Gasteiger partial charge in [-0.15, -0.1) is 5.10 Å². The van der Waals surface area contributed by atoms with Gasteiger partial charge in [-0.3, -0.25) is 0 Å². The number of halogens is 1. The van der Waals surface area contributed by atoms with Gasteiger partial charge in [-0.05, 0) is 25.7 Å². The van der Waals surface area contributed by atoms with Crippen LogP contribution in [0.25, 0.3) is 0 Å². The second kappa shape index (κ2) is 7.17. The lowest BCUT2D eigenvalue weighted by Crippen LogP contribution is -2.36. The fourth-order valence-corrected chi connectivity index (χ4v) is 3.18. The smallest absolute Gasteiger partial charge is 0.245 e. The van der Waals surface area contributed by atoms with Gasteiger partial charge in [0.25, 0.3) is 0 Å². The molecule has 0 unspecified atom stereocenters. The van der Waals surface area contributed by atoms with Crippen LogP contribution in [-0.2, 0) is 12.8 Å². The minimum atomic E-state index is 0.594. The lowest BCUT2D eigenvalue weighted by molar-refractivity contribution is 0.598. The molecule has 5 heteroatoms. The minimum absolute atomic E-state index is 0.594. The van der Waals surface area contributed by atoms with E-state index in [0.717, 1.165) is 42.1 Å². The molecule has 1 saturated carbocycles. The number of hydrogen-bond donors (Lipinski definition) is 0. The van der Waals surface area contributed by atoms with Crippen molar-refractivity contribution in [2.75, 3.05) is 16.8 Å². The molecule has 106 valence electrons. The Hall–Kier alpha value is -0.710. The molecule has 0 saturated heterocycles. The minimum Gasteiger partial charge on any atom is -0.336 e. The van der Waals surface area contributed by atoms with Crippen LogP contribution in [0.4, 0.5) is 5.95 Å². The number of rotatable bonds is 6.